The molecule has 22 heavy (non-hydrogen) atoms. The van der Waals surface area contributed by atoms with Gasteiger partial charge in [0.1, 0.15) is 0 Å². The lowest BCUT2D eigenvalue weighted by atomic mass is 10.1. The molecule has 2 aromatic carbocycles. The van der Waals surface area contributed by atoms with Crippen molar-refractivity contribution in [1.29, 1.82) is 0 Å². The highest BCUT2D eigenvalue weighted by Gasteiger charge is 2.14. The summed E-state index contributed by atoms with van der Waals surface area (Å²) in [5, 5.41) is 2.49. The molecule has 0 radical (unpaired) electrons. The molecular weight excluding hydrogens is 278 g/mol. The molecule has 0 aliphatic heterocycles. The molecule has 0 atom stereocenters. The zero-order valence-corrected chi connectivity index (χ0v) is 12.3. The molecule has 0 bridgehead atoms. The van der Waals surface area contributed by atoms with Crippen LogP contribution in [0.2, 0.25) is 0 Å². The highest BCUT2D eigenvalue weighted by Crippen LogP contribution is 2.12. The van der Waals surface area contributed by atoms with Gasteiger partial charge in [0.05, 0.1) is 6.61 Å². The highest BCUT2D eigenvalue weighted by molar-refractivity contribution is 6.37. The van der Waals surface area contributed by atoms with E-state index in [0.717, 1.165) is 11.1 Å². The van der Waals surface area contributed by atoms with Gasteiger partial charge in [-0.25, -0.2) is 4.79 Å². The predicted octanol–water partition coefficient (Wildman–Crippen LogP) is 3.36. The smallest absolute Gasteiger partial charge is 0.397 e. The molecule has 2 rings (SSSR count). The van der Waals surface area contributed by atoms with E-state index >= 15 is 0 Å². The molecule has 0 saturated carbocycles. The summed E-state index contributed by atoms with van der Waals surface area (Å²) in [5.74, 6) is -1.65. The number of amides is 1. The monoisotopic (exact) mass is 295 g/mol. The van der Waals surface area contributed by atoms with Crippen molar-refractivity contribution in [1.82, 2.24) is 0 Å². The molecule has 0 heterocycles. The number of hydrogen-bond acceptors (Lipinski definition) is 3. The summed E-state index contributed by atoms with van der Waals surface area (Å²) in [6, 6.07) is 17.2. The van der Waals surface area contributed by atoms with Gasteiger partial charge >= 0.3 is 11.9 Å². The second-order valence-electron chi connectivity index (χ2n) is 4.54. The molecular formula is C18H17NO3. The summed E-state index contributed by atoms with van der Waals surface area (Å²) < 4.78 is 4.63. The minimum atomic E-state index is -0.879. The summed E-state index contributed by atoms with van der Waals surface area (Å²) in [6.45, 7) is 1.83. The molecule has 4 heteroatoms. The third kappa shape index (κ3) is 4.59. The Bertz CT molecular complexity index is 660. The van der Waals surface area contributed by atoms with Crippen molar-refractivity contribution in [2.75, 3.05) is 11.9 Å². The summed E-state index contributed by atoms with van der Waals surface area (Å²) >= 11 is 0. The molecule has 4 nitrogen and oxygen atoms in total. The Morgan fingerprint density at radius 1 is 0.955 bits per heavy atom. The minimum absolute atomic E-state index is 0.176. The van der Waals surface area contributed by atoms with Gasteiger partial charge in [0.25, 0.3) is 0 Å². The van der Waals surface area contributed by atoms with Gasteiger partial charge in [-0.05, 0) is 30.2 Å². The molecule has 112 valence electrons. The average molecular weight is 295 g/mol. The molecule has 0 aromatic heterocycles. The molecule has 0 spiro atoms. The Balaban J connectivity index is 1.97. The topological polar surface area (TPSA) is 55.4 Å². The quantitative estimate of drug-likeness (QED) is 0.534. The van der Waals surface area contributed by atoms with Crippen LogP contribution in [0.5, 0.6) is 0 Å². The average Bonchev–Trinajstić information content (AvgIpc) is 2.55. The number of esters is 1. The molecule has 1 N–H and O–H groups in total. The fourth-order valence-corrected chi connectivity index (χ4v) is 1.81. The van der Waals surface area contributed by atoms with E-state index in [4.69, 9.17) is 0 Å². The summed E-state index contributed by atoms with van der Waals surface area (Å²) in [5.41, 5.74) is 2.66. The van der Waals surface area contributed by atoms with Crippen molar-refractivity contribution in [3.8, 4) is 0 Å². The SMILES string of the molecule is CCOC(=O)C(=O)Nc1ccc(/C=C/c2ccccc2)cc1. The first kappa shape index (κ1) is 15.5. The van der Waals surface area contributed by atoms with E-state index in [-0.39, 0.29) is 6.61 Å². The van der Waals surface area contributed by atoms with E-state index in [9.17, 15) is 9.59 Å². The summed E-state index contributed by atoms with van der Waals surface area (Å²) in [6.07, 6.45) is 3.98. The van der Waals surface area contributed by atoms with Gasteiger partial charge in [0.2, 0.25) is 0 Å². The minimum Gasteiger partial charge on any atom is -0.459 e. The maximum absolute atomic E-state index is 11.5. The zero-order chi connectivity index (χ0) is 15.8. The second-order valence-corrected chi connectivity index (χ2v) is 4.54. The van der Waals surface area contributed by atoms with Crippen molar-refractivity contribution >= 4 is 29.7 Å². The van der Waals surface area contributed by atoms with Crippen molar-refractivity contribution in [2.24, 2.45) is 0 Å². The maximum Gasteiger partial charge on any atom is 0.397 e. The van der Waals surface area contributed by atoms with Crippen molar-refractivity contribution < 1.29 is 14.3 Å². The lowest BCUT2D eigenvalue weighted by Crippen LogP contribution is -2.24. The number of benzene rings is 2. The normalized spacial score (nSPS) is 10.4. The van der Waals surface area contributed by atoms with E-state index in [2.05, 4.69) is 10.1 Å². The predicted molar refractivity (Wildman–Crippen MR) is 87.1 cm³/mol. The number of ether oxygens (including phenoxy) is 1. The van der Waals surface area contributed by atoms with E-state index in [1.807, 2.05) is 54.6 Å². The number of carbonyl (C=O) groups is 2. The van der Waals surface area contributed by atoms with E-state index in [1.54, 1.807) is 19.1 Å². The van der Waals surface area contributed by atoms with Gasteiger partial charge in [-0.15, -0.1) is 0 Å². The van der Waals surface area contributed by atoms with Crippen LogP contribution in [-0.4, -0.2) is 18.5 Å². The molecule has 0 fully saturated rings. The van der Waals surface area contributed by atoms with Gasteiger partial charge in [0, 0.05) is 5.69 Å². The summed E-state index contributed by atoms with van der Waals surface area (Å²) in [4.78, 5) is 22.7. The third-order valence-corrected chi connectivity index (χ3v) is 2.90. The van der Waals surface area contributed by atoms with Gasteiger partial charge in [-0.1, -0.05) is 54.6 Å². The van der Waals surface area contributed by atoms with Crippen molar-refractivity contribution in [2.45, 2.75) is 6.92 Å². The lowest BCUT2D eigenvalue weighted by Gasteiger charge is -2.04. The first-order valence-electron chi connectivity index (χ1n) is 7.00. The van der Waals surface area contributed by atoms with Crippen LogP contribution in [0, 0.1) is 0 Å². The fraction of sp³-hybridized carbons (Fsp3) is 0.111. The number of anilines is 1. The molecule has 0 aliphatic rings. The van der Waals surface area contributed by atoms with Gasteiger partial charge in [0.15, 0.2) is 0 Å². The standard InChI is InChI=1S/C18H17NO3/c1-2-22-18(21)17(20)19-16-12-10-15(11-13-16)9-8-14-6-4-3-5-7-14/h3-13H,2H2,1H3,(H,19,20)/b9-8+. The van der Waals surface area contributed by atoms with Crippen LogP contribution >= 0.6 is 0 Å². The molecule has 0 saturated heterocycles. The van der Waals surface area contributed by atoms with Crippen LogP contribution in [0.25, 0.3) is 12.2 Å². The van der Waals surface area contributed by atoms with Crippen LogP contribution in [0.4, 0.5) is 5.69 Å². The van der Waals surface area contributed by atoms with Crippen LogP contribution in [-0.2, 0) is 14.3 Å². The first-order chi connectivity index (χ1) is 10.7. The Hall–Kier alpha value is -2.88. The lowest BCUT2D eigenvalue weighted by molar-refractivity contribution is -0.152. The Labute approximate surface area is 129 Å². The van der Waals surface area contributed by atoms with Gasteiger partial charge < -0.3 is 10.1 Å². The number of nitrogens with one attached hydrogen (secondary N) is 1. The van der Waals surface area contributed by atoms with Gasteiger partial charge in [-0.3, -0.25) is 4.79 Å². The van der Waals surface area contributed by atoms with Crippen LogP contribution < -0.4 is 5.32 Å². The Morgan fingerprint density at radius 3 is 2.14 bits per heavy atom. The molecule has 0 unspecified atom stereocenters. The van der Waals surface area contributed by atoms with E-state index < -0.39 is 11.9 Å². The summed E-state index contributed by atoms with van der Waals surface area (Å²) in [7, 11) is 0. The number of carbonyl (C=O) groups excluding carboxylic acids is 2. The largest absolute Gasteiger partial charge is 0.459 e. The zero-order valence-electron chi connectivity index (χ0n) is 12.3. The number of hydrogen-bond donors (Lipinski definition) is 1. The van der Waals surface area contributed by atoms with Crippen molar-refractivity contribution in [3.63, 3.8) is 0 Å². The van der Waals surface area contributed by atoms with Crippen molar-refractivity contribution in [3.05, 3.63) is 65.7 Å². The van der Waals surface area contributed by atoms with Crippen LogP contribution in [0.3, 0.4) is 0 Å². The molecule has 2 aromatic rings. The first-order valence-corrected chi connectivity index (χ1v) is 7.00. The van der Waals surface area contributed by atoms with E-state index in [1.165, 1.54) is 0 Å². The highest BCUT2D eigenvalue weighted by atomic mass is 16.5. The number of rotatable bonds is 4. The third-order valence-electron chi connectivity index (χ3n) is 2.90. The van der Waals surface area contributed by atoms with Gasteiger partial charge in [-0.2, -0.15) is 0 Å². The van der Waals surface area contributed by atoms with Crippen LogP contribution in [0.15, 0.2) is 54.6 Å². The second kappa shape index (κ2) is 7.78. The fourth-order valence-electron chi connectivity index (χ4n) is 1.81. The maximum atomic E-state index is 11.5. The van der Waals surface area contributed by atoms with Crippen LogP contribution in [0.1, 0.15) is 18.1 Å². The molecule has 1 amide bonds. The molecule has 0 aliphatic carbocycles. The van der Waals surface area contributed by atoms with E-state index in [0.29, 0.717) is 5.69 Å². The Morgan fingerprint density at radius 2 is 1.55 bits per heavy atom. The Kier molecular flexibility index (Phi) is 5.49.